The second-order valence-electron chi connectivity index (χ2n) is 5.88. The lowest BCUT2D eigenvalue weighted by atomic mass is 10.1. The molecule has 4 heterocycles. The second kappa shape index (κ2) is 6.70. The maximum Gasteiger partial charge on any atom is 0.344 e. The van der Waals surface area contributed by atoms with Crippen LogP contribution < -0.4 is 0 Å². The molecule has 2 aliphatic heterocycles. The van der Waals surface area contributed by atoms with Crippen molar-refractivity contribution in [2.45, 2.75) is 26.7 Å². The first-order chi connectivity index (χ1) is 12.6. The molecule has 0 N–H and O–H groups in total. The Kier molecular flexibility index (Phi) is 4.38. The normalized spacial score (nSPS) is 19.5. The summed E-state index contributed by atoms with van der Waals surface area (Å²) < 4.78 is 10.9. The number of ether oxygens (including phenoxy) is 2. The molecule has 0 spiro atoms. The molecule has 0 bridgehead atoms. The molecule has 2 aliphatic rings. The quantitative estimate of drug-likeness (QED) is 0.565. The van der Waals surface area contributed by atoms with Crippen molar-refractivity contribution in [3.63, 3.8) is 0 Å². The van der Waals surface area contributed by atoms with Gasteiger partial charge in [0.2, 0.25) is 0 Å². The number of carbonyl (C=O) groups is 2. The summed E-state index contributed by atoms with van der Waals surface area (Å²) >= 11 is 3.05. The summed E-state index contributed by atoms with van der Waals surface area (Å²) in [6.07, 6.45) is 5.00. The fraction of sp³-hybridized carbons (Fsp3) is 0.200. The van der Waals surface area contributed by atoms with Gasteiger partial charge in [0.1, 0.15) is 11.5 Å². The number of carbonyl (C=O) groups excluding carboxylic acids is 2. The Balaban J connectivity index is 1.76. The molecule has 0 radical (unpaired) electrons. The molecule has 0 atom stereocenters. The van der Waals surface area contributed by atoms with Crippen molar-refractivity contribution in [2.75, 3.05) is 0 Å². The van der Waals surface area contributed by atoms with E-state index in [9.17, 15) is 9.59 Å². The van der Waals surface area contributed by atoms with E-state index in [4.69, 9.17) is 9.47 Å². The van der Waals surface area contributed by atoms with Gasteiger partial charge in [-0.1, -0.05) is 13.8 Å². The van der Waals surface area contributed by atoms with Gasteiger partial charge in [0.05, 0.1) is 20.9 Å². The Morgan fingerprint density at radius 2 is 1.19 bits per heavy atom. The van der Waals surface area contributed by atoms with E-state index in [0.717, 1.165) is 33.7 Å². The van der Waals surface area contributed by atoms with E-state index in [1.54, 1.807) is 12.2 Å². The molecule has 0 aliphatic carbocycles. The minimum Gasteiger partial charge on any atom is -0.421 e. The van der Waals surface area contributed by atoms with Crippen LogP contribution in [0.2, 0.25) is 0 Å². The van der Waals surface area contributed by atoms with Crippen LogP contribution in [0.3, 0.4) is 0 Å². The zero-order valence-corrected chi connectivity index (χ0v) is 16.0. The summed E-state index contributed by atoms with van der Waals surface area (Å²) in [6.45, 7) is 4.11. The Bertz CT molecular complexity index is 920. The highest BCUT2D eigenvalue weighted by molar-refractivity contribution is 7.11. The van der Waals surface area contributed by atoms with Gasteiger partial charge in [-0.3, -0.25) is 0 Å². The third-order valence-corrected chi connectivity index (χ3v) is 6.33. The van der Waals surface area contributed by atoms with Crippen molar-refractivity contribution in [1.82, 2.24) is 0 Å². The minimum atomic E-state index is -0.512. The van der Waals surface area contributed by atoms with Crippen LogP contribution in [0.15, 0.2) is 46.2 Å². The van der Waals surface area contributed by atoms with Crippen LogP contribution in [0.5, 0.6) is 0 Å². The third kappa shape index (κ3) is 2.75. The van der Waals surface area contributed by atoms with Gasteiger partial charge in [0.15, 0.2) is 0 Å². The predicted octanol–water partition coefficient (Wildman–Crippen LogP) is 4.73. The summed E-state index contributed by atoms with van der Waals surface area (Å²) in [5, 5.41) is 3.94. The molecule has 0 fully saturated rings. The Morgan fingerprint density at radius 3 is 1.58 bits per heavy atom. The van der Waals surface area contributed by atoms with Crippen molar-refractivity contribution >= 4 is 46.1 Å². The van der Waals surface area contributed by atoms with Crippen LogP contribution in [0, 0.1) is 0 Å². The lowest BCUT2D eigenvalue weighted by Gasteiger charge is -2.01. The average Bonchev–Trinajstić information content (AvgIpc) is 3.39. The van der Waals surface area contributed by atoms with Crippen LogP contribution in [0.1, 0.15) is 34.7 Å². The Hall–Kier alpha value is -2.44. The molecular formula is C20H16O4S2. The summed E-state index contributed by atoms with van der Waals surface area (Å²) in [4.78, 5) is 26.6. The van der Waals surface area contributed by atoms with E-state index in [0.29, 0.717) is 11.5 Å². The van der Waals surface area contributed by atoms with E-state index in [1.165, 1.54) is 22.7 Å². The van der Waals surface area contributed by atoms with Crippen LogP contribution in [-0.4, -0.2) is 11.9 Å². The topological polar surface area (TPSA) is 52.6 Å². The number of esters is 2. The first kappa shape index (κ1) is 17.0. The standard InChI is InChI=1S/C20H16O4S2/c1-3-11-5-7-25-17(11)15-9-13(19(21)23-15)14-10-16(24-20(14)22)18-12(4-2)6-8-26-18/h5-10H,3-4H2,1-2H3/b14-13-. The predicted molar refractivity (Wildman–Crippen MR) is 103 cm³/mol. The number of cyclic esters (lactones) is 2. The average molecular weight is 384 g/mol. The maximum absolute atomic E-state index is 12.4. The van der Waals surface area contributed by atoms with Crippen molar-refractivity contribution < 1.29 is 19.1 Å². The van der Waals surface area contributed by atoms with Gasteiger partial charge in [-0.15, -0.1) is 22.7 Å². The minimum absolute atomic E-state index is 0.255. The highest BCUT2D eigenvalue weighted by atomic mass is 32.1. The molecular weight excluding hydrogens is 368 g/mol. The van der Waals surface area contributed by atoms with E-state index >= 15 is 0 Å². The van der Waals surface area contributed by atoms with Gasteiger partial charge in [-0.05, 0) is 59.0 Å². The molecule has 2 aromatic rings. The van der Waals surface area contributed by atoms with Crippen molar-refractivity contribution in [3.05, 3.63) is 67.1 Å². The second-order valence-corrected chi connectivity index (χ2v) is 7.71. The van der Waals surface area contributed by atoms with E-state index in [2.05, 4.69) is 13.8 Å². The molecule has 132 valence electrons. The molecule has 2 aromatic heterocycles. The third-order valence-electron chi connectivity index (χ3n) is 4.39. The largest absolute Gasteiger partial charge is 0.421 e. The summed E-state index contributed by atoms with van der Waals surface area (Å²) in [5.74, 6) is -0.0164. The highest BCUT2D eigenvalue weighted by Gasteiger charge is 2.33. The molecule has 0 aromatic carbocycles. The fourth-order valence-electron chi connectivity index (χ4n) is 3.01. The van der Waals surface area contributed by atoms with E-state index in [1.807, 2.05) is 22.9 Å². The van der Waals surface area contributed by atoms with Gasteiger partial charge in [-0.25, -0.2) is 9.59 Å². The van der Waals surface area contributed by atoms with Gasteiger partial charge in [0.25, 0.3) is 0 Å². The number of thiophene rings is 2. The van der Waals surface area contributed by atoms with Gasteiger partial charge >= 0.3 is 11.9 Å². The molecule has 0 unspecified atom stereocenters. The summed E-state index contributed by atoms with van der Waals surface area (Å²) in [6, 6.07) is 4.04. The monoisotopic (exact) mass is 384 g/mol. The van der Waals surface area contributed by atoms with E-state index < -0.39 is 11.9 Å². The molecule has 0 saturated carbocycles. The first-order valence-corrected chi connectivity index (χ1v) is 10.1. The lowest BCUT2D eigenvalue weighted by molar-refractivity contribution is -0.133. The number of hydrogen-bond acceptors (Lipinski definition) is 6. The maximum atomic E-state index is 12.4. The molecule has 0 saturated heterocycles. The van der Waals surface area contributed by atoms with Crippen molar-refractivity contribution in [1.29, 1.82) is 0 Å². The van der Waals surface area contributed by atoms with Crippen LogP contribution in [0.25, 0.3) is 11.5 Å². The van der Waals surface area contributed by atoms with Crippen molar-refractivity contribution in [3.8, 4) is 0 Å². The van der Waals surface area contributed by atoms with E-state index in [-0.39, 0.29) is 11.1 Å². The number of aryl methyl sites for hydroxylation is 2. The molecule has 26 heavy (non-hydrogen) atoms. The van der Waals surface area contributed by atoms with Crippen molar-refractivity contribution in [2.24, 2.45) is 0 Å². The van der Waals surface area contributed by atoms with Crippen LogP contribution >= 0.6 is 22.7 Å². The lowest BCUT2D eigenvalue weighted by Crippen LogP contribution is -2.05. The Morgan fingerprint density at radius 1 is 0.769 bits per heavy atom. The van der Waals surface area contributed by atoms with Gasteiger partial charge < -0.3 is 9.47 Å². The van der Waals surface area contributed by atoms with Gasteiger partial charge in [-0.2, -0.15) is 0 Å². The molecule has 4 nitrogen and oxygen atoms in total. The number of hydrogen-bond donors (Lipinski definition) is 0. The number of rotatable bonds is 4. The fourth-order valence-corrected chi connectivity index (χ4v) is 4.91. The zero-order valence-electron chi connectivity index (χ0n) is 14.3. The molecule has 6 heteroatoms. The summed E-state index contributed by atoms with van der Waals surface area (Å²) in [5.41, 5.74) is 2.75. The molecule has 0 amide bonds. The SMILES string of the molecule is CCc1ccsc1C1=C/C(=C2\C=C(c3sccc3CC)OC2=O)C(=O)O1. The summed E-state index contributed by atoms with van der Waals surface area (Å²) in [7, 11) is 0. The smallest absolute Gasteiger partial charge is 0.344 e. The van der Waals surface area contributed by atoms with Crippen LogP contribution in [-0.2, 0) is 31.9 Å². The van der Waals surface area contributed by atoms with Crippen LogP contribution in [0.4, 0.5) is 0 Å². The van der Waals surface area contributed by atoms with Gasteiger partial charge in [0, 0.05) is 0 Å². The molecule has 4 rings (SSSR count). The first-order valence-electron chi connectivity index (χ1n) is 8.37. The zero-order chi connectivity index (χ0) is 18.3. The highest BCUT2D eigenvalue weighted by Crippen LogP contribution is 2.38. The Labute approximate surface area is 159 Å².